The Labute approximate surface area is 159 Å². The second-order valence-electron chi connectivity index (χ2n) is 7.18. The Morgan fingerprint density at radius 2 is 1.74 bits per heavy atom. The monoisotopic (exact) mass is 380 g/mol. The lowest BCUT2D eigenvalue weighted by molar-refractivity contribution is -0.143. The molecule has 0 heterocycles. The van der Waals surface area contributed by atoms with Crippen molar-refractivity contribution in [1.82, 2.24) is 10.6 Å². The van der Waals surface area contributed by atoms with E-state index in [4.69, 9.17) is 9.47 Å². The number of methoxy groups -OCH3 is 1. The topological polar surface area (TPSA) is 114 Å². The molecule has 0 aliphatic rings. The standard InChI is InChI=1S/C19H28N2O6/c1-12(22)11-20-16(23)14-8-6-13(7-9-14)10-15(17(24)26-5)21-18(25)27-19(2,3)4/h6-9,12,15,22H,10-11H2,1-5H3,(H,20,23)(H,21,25). The third kappa shape index (κ3) is 8.54. The third-order valence-electron chi connectivity index (χ3n) is 3.39. The minimum absolute atomic E-state index is 0.158. The van der Waals surface area contributed by atoms with Crippen molar-refractivity contribution in [3.63, 3.8) is 0 Å². The number of alkyl carbamates (subject to hydrolysis) is 1. The second-order valence-corrected chi connectivity index (χ2v) is 7.18. The van der Waals surface area contributed by atoms with Gasteiger partial charge in [0.1, 0.15) is 11.6 Å². The van der Waals surface area contributed by atoms with Crippen LogP contribution in [0.15, 0.2) is 24.3 Å². The molecule has 1 aromatic rings. The highest BCUT2D eigenvalue weighted by Crippen LogP contribution is 2.10. The number of rotatable bonds is 7. The molecule has 2 unspecified atom stereocenters. The number of esters is 1. The molecular weight excluding hydrogens is 352 g/mol. The summed E-state index contributed by atoms with van der Waals surface area (Å²) in [6.45, 7) is 6.90. The molecule has 1 rings (SSSR count). The summed E-state index contributed by atoms with van der Waals surface area (Å²) in [7, 11) is 1.24. The van der Waals surface area contributed by atoms with Gasteiger partial charge in [0.2, 0.25) is 0 Å². The fourth-order valence-corrected chi connectivity index (χ4v) is 2.16. The van der Waals surface area contributed by atoms with Gasteiger partial charge in [-0.1, -0.05) is 12.1 Å². The summed E-state index contributed by atoms with van der Waals surface area (Å²) in [4.78, 5) is 35.8. The van der Waals surface area contributed by atoms with Crippen LogP contribution < -0.4 is 10.6 Å². The lowest BCUT2D eigenvalue weighted by Crippen LogP contribution is -2.45. The van der Waals surface area contributed by atoms with Crippen LogP contribution in [0.1, 0.15) is 43.6 Å². The summed E-state index contributed by atoms with van der Waals surface area (Å²) < 4.78 is 9.90. The van der Waals surface area contributed by atoms with E-state index in [-0.39, 0.29) is 18.9 Å². The van der Waals surface area contributed by atoms with E-state index in [2.05, 4.69) is 10.6 Å². The number of nitrogens with one attached hydrogen (secondary N) is 2. The molecule has 0 fully saturated rings. The van der Waals surface area contributed by atoms with Crippen LogP contribution in [0.3, 0.4) is 0 Å². The zero-order chi connectivity index (χ0) is 20.6. The van der Waals surface area contributed by atoms with Crippen LogP contribution in [0.5, 0.6) is 0 Å². The highest BCUT2D eigenvalue weighted by Gasteiger charge is 2.25. The van der Waals surface area contributed by atoms with E-state index >= 15 is 0 Å². The van der Waals surface area contributed by atoms with Crippen molar-refractivity contribution in [2.45, 2.75) is 51.9 Å². The molecule has 0 radical (unpaired) electrons. The molecule has 0 saturated heterocycles. The lowest BCUT2D eigenvalue weighted by Gasteiger charge is -2.22. The number of hydrogen-bond donors (Lipinski definition) is 3. The molecule has 8 heteroatoms. The average Bonchev–Trinajstić information content (AvgIpc) is 2.57. The Morgan fingerprint density at radius 3 is 2.22 bits per heavy atom. The quantitative estimate of drug-likeness (QED) is 0.616. The molecule has 2 atom stereocenters. The van der Waals surface area contributed by atoms with Gasteiger partial charge in [0.25, 0.3) is 5.91 Å². The third-order valence-corrected chi connectivity index (χ3v) is 3.39. The fourth-order valence-electron chi connectivity index (χ4n) is 2.16. The Morgan fingerprint density at radius 1 is 1.15 bits per heavy atom. The predicted octanol–water partition coefficient (Wildman–Crippen LogP) is 1.41. The van der Waals surface area contributed by atoms with Gasteiger partial charge < -0.3 is 25.2 Å². The number of carbonyl (C=O) groups excluding carboxylic acids is 3. The van der Waals surface area contributed by atoms with Gasteiger partial charge in [-0.2, -0.15) is 0 Å². The van der Waals surface area contributed by atoms with Crippen molar-refractivity contribution in [1.29, 1.82) is 0 Å². The Kier molecular flexibility index (Phi) is 8.24. The molecule has 27 heavy (non-hydrogen) atoms. The highest BCUT2D eigenvalue weighted by molar-refractivity contribution is 5.94. The normalized spacial score (nSPS) is 13.3. The molecule has 150 valence electrons. The zero-order valence-electron chi connectivity index (χ0n) is 16.4. The fraction of sp³-hybridized carbons (Fsp3) is 0.526. The van der Waals surface area contributed by atoms with Crippen LogP contribution in [0.4, 0.5) is 4.79 Å². The van der Waals surface area contributed by atoms with Crippen LogP contribution in [0.2, 0.25) is 0 Å². The van der Waals surface area contributed by atoms with Gasteiger partial charge in [-0.25, -0.2) is 9.59 Å². The van der Waals surface area contributed by atoms with E-state index < -0.39 is 29.8 Å². The molecular formula is C19H28N2O6. The lowest BCUT2D eigenvalue weighted by atomic mass is 10.0. The predicted molar refractivity (Wildman–Crippen MR) is 99.3 cm³/mol. The molecule has 0 aromatic heterocycles. The van der Waals surface area contributed by atoms with Crippen molar-refractivity contribution in [3.8, 4) is 0 Å². The first-order valence-electron chi connectivity index (χ1n) is 8.64. The largest absolute Gasteiger partial charge is 0.467 e. The van der Waals surface area contributed by atoms with Crippen LogP contribution in [-0.4, -0.2) is 54.5 Å². The second kappa shape index (κ2) is 9.91. The summed E-state index contributed by atoms with van der Waals surface area (Å²) in [5, 5.41) is 14.3. The van der Waals surface area contributed by atoms with Gasteiger partial charge in [-0.3, -0.25) is 4.79 Å². The van der Waals surface area contributed by atoms with Crippen LogP contribution in [0.25, 0.3) is 0 Å². The number of ether oxygens (including phenoxy) is 2. The van der Waals surface area contributed by atoms with E-state index in [0.29, 0.717) is 5.56 Å². The molecule has 0 aliphatic carbocycles. The summed E-state index contributed by atoms with van der Waals surface area (Å²) in [6.07, 6.45) is -1.17. The summed E-state index contributed by atoms with van der Waals surface area (Å²) >= 11 is 0. The van der Waals surface area contributed by atoms with Crippen molar-refractivity contribution in [2.24, 2.45) is 0 Å². The summed E-state index contributed by atoms with van der Waals surface area (Å²) in [5.74, 6) is -0.904. The maximum atomic E-state index is 12.0. The van der Waals surface area contributed by atoms with Gasteiger partial charge >= 0.3 is 12.1 Å². The van der Waals surface area contributed by atoms with Gasteiger partial charge in [-0.05, 0) is 45.4 Å². The maximum Gasteiger partial charge on any atom is 0.408 e. The minimum atomic E-state index is -0.917. The van der Waals surface area contributed by atoms with Gasteiger partial charge in [0.05, 0.1) is 13.2 Å². The van der Waals surface area contributed by atoms with Crippen LogP contribution in [0, 0.1) is 0 Å². The molecule has 0 saturated carbocycles. The van der Waals surface area contributed by atoms with E-state index in [9.17, 15) is 19.5 Å². The number of benzene rings is 1. The first-order chi connectivity index (χ1) is 12.5. The minimum Gasteiger partial charge on any atom is -0.467 e. The number of amides is 2. The Hall–Kier alpha value is -2.61. The maximum absolute atomic E-state index is 12.0. The average molecular weight is 380 g/mol. The molecule has 0 aliphatic heterocycles. The van der Waals surface area contributed by atoms with Gasteiger partial charge in [-0.15, -0.1) is 0 Å². The molecule has 2 amide bonds. The van der Waals surface area contributed by atoms with E-state index in [0.717, 1.165) is 5.56 Å². The van der Waals surface area contributed by atoms with Crippen LogP contribution >= 0.6 is 0 Å². The SMILES string of the molecule is COC(=O)C(Cc1ccc(C(=O)NCC(C)O)cc1)NC(=O)OC(C)(C)C. The zero-order valence-corrected chi connectivity index (χ0v) is 16.4. The van der Waals surface area contributed by atoms with Crippen molar-refractivity contribution in [2.75, 3.05) is 13.7 Å². The van der Waals surface area contributed by atoms with Gasteiger partial charge in [0.15, 0.2) is 0 Å². The van der Waals surface area contributed by atoms with E-state index in [1.165, 1.54) is 7.11 Å². The number of hydrogen-bond acceptors (Lipinski definition) is 6. The molecule has 1 aromatic carbocycles. The highest BCUT2D eigenvalue weighted by atomic mass is 16.6. The number of aliphatic hydroxyl groups is 1. The molecule has 0 bridgehead atoms. The first-order valence-corrected chi connectivity index (χ1v) is 8.64. The summed E-state index contributed by atoms with van der Waals surface area (Å²) in [5.41, 5.74) is 0.467. The van der Waals surface area contributed by atoms with Crippen molar-refractivity contribution < 1.29 is 29.0 Å². The van der Waals surface area contributed by atoms with Crippen LogP contribution in [-0.2, 0) is 20.7 Å². The van der Waals surface area contributed by atoms with E-state index in [1.54, 1.807) is 52.0 Å². The number of carbonyl (C=O) groups is 3. The van der Waals surface area contributed by atoms with Gasteiger partial charge in [0, 0.05) is 18.5 Å². The number of aliphatic hydroxyl groups excluding tert-OH is 1. The smallest absolute Gasteiger partial charge is 0.408 e. The Bertz CT molecular complexity index is 649. The van der Waals surface area contributed by atoms with Crippen molar-refractivity contribution >= 4 is 18.0 Å². The van der Waals surface area contributed by atoms with Crippen molar-refractivity contribution in [3.05, 3.63) is 35.4 Å². The summed E-state index contributed by atoms with van der Waals surface area (Å²) in [6, 6.07) is 5.66. The van der Waals surface area contributed by atoms with E-state index in [1.807, 2.05) is 0 Å². The Balaban J connectivity index is 2.77. The molecule has 8 nitrogen and oxygen atoms in total. The molecule has 0 spiro atoms. The molecule has 3 N–H and O–H groups in total. The first kappa shape index (κ1) is 22.4.